The van der Waals surface area contributed by atoms with Gasteiger partial charge in [0.15, 0.2) is 5.78 Å². The van der Waals surface area contributed by atoms with Gasteiger partial charge in [-0.3, -0.25) is 19.4 Å². The van der Waals surface area contributed by atoms with Crippen LogP contribution in [0.3, 0.4) is 0 Å². The Morgan fingerprint density at radius 2 is 1.41 bits per heavy atom. The molecule has 3 rings (SSSR count). The van der Waals surface area contributed by atoms with Gasteiger partial charge in [0.1, 0.15) is 24.4 Å². The molecular formula is C30H34N4O5. The molecule has 0 aliphatic carbocycles. The molecule has 0 fully saturated rings. The van der Waals surface area contributed by atoms with Gasteiger partial charge in [0.2, 0.25) is 11.8 Å². The molecule has 3 N–H and O–H groups in total. The lowest BCUT2D eigenvalue weighted by atomic mass is 10.0. The van der Waals surface area contributed by atoms with E-state index >= 15 is 0 Å². The van der Waals surface area contributed by atoms with E-state index in [1.807, 2.05) is 74.5 Å². The maximum absolute atomic E-state index is 13.3. The summed E-state index contributed by atoms with van der Waals surface area (Å²) in [4.78, 5) is 55.4. The summed E-state index contributed by atoms with van der Waals surface area (Å²) in [5.41, 5.74) is 1.87. The standard InChI is InChI=1S/C30H34N4O5/c1-21(2)17-25(34-30(38)39-20-23-13-7-4-8-14-23)29(37)33-26(18-22-11-5-3-6-12-22)28(36)32-19-27(35)24-15-9-10-16-31-24/h3-16,21,25-26H,17-20H2,1-2H3,(H,32,36)(H,33,37)(H,34,38)/t25-,26-/m0/s1. The van der Waals surface area contributed by atoms with Gasteiger partial charge in [-0.1, -0.05) is 80.6 Å². The number of aromatic nitrogens is 1. The second kappa shape index (κ2) is 15.0. The van der Waals surface area contributed by atoms with Crippen LogP contribution in [0.25, 0.3) is 0 Å². The molecule has 1 aromatic heterocycles. The summed E-state index contributed by atoms with van der Waals surface area (Å²) in [7, 11) is 0. The van der Waals surface area contributed by atoms with Crippen molar-refractivity contribution >= 4 is 23.7 Å². The van der Waals surface area contributed by atoms with Crippen LogP contribution in [0.5, 0.6) is 0 Å². The predicted octanol–water partition coefficient (Wildman–Crippen LogP) is 3.45. The zero-order valence-corrected chi connectivity index (χ0v) is 22.1. The van der Waals surface area contributed by atoms with Gasteiger partial charge in [0, 0.05) is 12.6 Å². The molecule has 0 bridgehead atoms. The Labute approximate surface area is 228 Å². The molecule has 3 aromatic rings. The normalized spacial score (nSPS) is 12.2. The number of hydrogen-bond donors (Lipinski definition) is 3. The number of hydrogen-bond acceptors (Lipinski definition) is 6. The number of pyridine rings is 1. The molecule has 2 atom stereocenters. The lowest BCUT2D eigenvalue weighted by Crippen LogP contribution is -2.55. The van der Waals surface area contributed by atoms with E-state index < -0.39 is 30.0 Å². The van der Waals surface area contributed by atoms with Crippen molar-refractivity contribution < 1.29 is 23.9 Å². The van der Waals surface area contributed by atoms with Crippen LogP contribution in [-0.4, -0.2) is 47.3 Å². The molecule has 0 spiro atoms. The molecule has 0 aliphatic rings. The topological polar surface area (TPSA) is 126 Å². The van der Waals surface area contributed by atoms with E-state index in [1.54, 1.807) is 18.2 Å². The number of ether oxygens (including phenoxy) is 1. The van der Waals surface area contributed by atoms with Crippen LogP contribution in [0.2, 0.25) is 0 Å². The van der Waals surface area contributed by atoms with E-state index in [0.717, 1.165) is 11.1 Å². The molecule has 1 heterocycles. The Kier molecular flexibility index (Phi) is 11.2. The van der Waals surface area contributed by atoms with Gasteiger partial charge in [-0.05, 0) is 35.6 Å². The third kappa shape index (κ3) is 10.0. The zero-order valence-electron chi connectivity index (χ0n) is 22.1. The number of benzene rings is 2. The van der Waals surface area contributed by atoms with Crippen LogP contribution in [0.1, 0.15) is 41.9 Å². The lowest BCUT2D eigenvalue weighted by Gasteiger charge is -2.24. The third-order valence-electron chi connectivity index (χ3n) is 5.82. The van der Waals surface area contributed by atoms with Gasteiger partial charge in [0.05, 0.1) is 6.54 Å². The Morgan fingerprint density at radius 3 is 2.03 bits per heavy atom. The fourth-order valence-electron chi connectivity index (χ4n) is 3.85. The van der Waals surface area contributed by atoms with Gasteiger partial charge in [0.25, 0.3) is 0 Å². The number of rotatable bonds is 13. The first-order valence-corrected chi connectivity index (χ1v) is 12.8. The van der Waals surface area contributed by atoms with E-state index in [0.29, 0.717) is 6.42 Å². The first-order valence-electron chi connectivity index (χ1n) is 12.8. The number of nitrogens with zero attached hydrogens (tertiary/aromatic N) is 1. The minimum absolute atomic E-state index is 0.0615. The first-order chi connectivity index (χ1) is 18.8. The summed E-state index contributed by atoms with van der Waals surface area (Å²) in [6, 6.07) is 21.5. The smallest absolute Gasteiger partial charge is 0.408 e. The van der Waals surface area contributed by atoms with Crippen LogP contribution < -0.4 is 16.0 Å². The van der Waals surface area contributed by atoms with Crippen molar-refractivity contribution in [2.24, 2.45) is 5.92 Å². The lowest BCUT2D eigenvalue weighted by molar-refractivity contribution is -0.130. The fourth-order valence-corrected chi connectivity index (χ4v) is 3.85. The number of carbonyl (C=O) groups excluding carboxylic acids is 4. The molecule has 39 heavy (non-hydrogen) atoms. The number of amides is 3. The Morgan fingerprint density at radius 1 is 0.769 bits per heavy atom. The molecule has 2 aromatic carbocycles. The van der Waals surface area contributed by atoms with Gasteiger partial charge < -0.3 is 20.7 Å². The highest BCUT2D eigenvalue weighted by Gasteiger charge is 2.28. The second-order valence-corrected chi connectivity index (χ2v) is 9.50. The molecule has 0 saturated heterocycles. The highest BCUT2D eigenvalue weighted by atomic mass is 16.5. The van der Waals surface area contributed by atoms with E-state index in [1.165, 1.54) is 6.20 Å². The van der Waals surface area contributed by atoms with E-state index in [9.17, 15) is 19.2 Å². The van der Waals surface area contributed by atoms with Gasteiger partial charge in [-0.15, -0.1) is 0 Å². The summed E-state index contributed by atoms with van der Waals surface area (Å²) in [6.45, 7) is 3.64. The SMILES string of the molecule is CC(C)C[C@H](NC(=O)OCc1ccccc1)C(=O)N[C@@H](Cc1ccccc1)C(=O)NCC(=O)c1ccccn1. The van der Waals surface area contributed by atoms with Crippen molar-refractivity contribution in [3.05, 3.63) is 102 Å². The van der Waals surface area contributed by atoms with Crippen LogP contribution >= 0.6 is 0 Å². The average molecular weight is 531 g/mol. The Bertz CT molecular complexity index is 1220. The molecule has 204 valence electrons. The number of alkyl carbamates (subject to hydrolysis) is 1. The molecular weight excluding hydrogens is 496 g/mol. The van der Waals surface area contributed by atoms with Crippen LogP contribution in [-0.2, 0) is 27.4 Å². The van der Waals surface area contributed by atoms with Crippen LogP contribution in [0.4, 0.5) is 4.79 Å². The summed E-state index contributed by atoms with van der Waals surface area (Å²) in [6.07, 6.45) is 1.30. The number of Topliss-reactive ketones (excluding diaryl/α,β-unsaturated/α-hetero) is 1. The van der Waals surface area contributed by atoms with Gasteiger partial charge in [-0.2, -0.15) is 0 Å². The van der Waals surface area contributed by atoms with E-state index in [-0.39, 0.29) is 37.0 Å². The van der Waals surface area contributed by atoms with E-state index in [2.05, 4.69) is 20.9 Å². The average Bonchev–Trinajstić information content (AvgIpc) is 2.95. The third-order valence-corrected chi connectivity index (χ3v) is 5.82. The van der Waals surface area contributed by atoms with Gasteiger partial charge >= 0.3 is 6.09 Å². The summed E-state index contributed by atoms with van der Waals surface area (Å²) in [5, 5.41) is 8.01. The van der Waals surface area contributed by atoms with Gasteiger partial charge in [-0.25, -0.2) is 4.79 Å². The van der Waals surface area contributed by atoms with Crippen molar-refractivity contribution in [1.29, 1.82) is 0 Å². The first kappa shape index (κ1) is 29.0. The Balaban J connectivity index is 1.67. The summed E-state index contributed by atoms with van der Waals surface area (Å²) in [5.74, 6) is -1.32. The maximum atomic E-state index is 13.3. The monoisotopic (exact) mass is 530 g/mol. The summed E-state index contributed by atoms with van der Waals surface area (Å²) >= 11 is 0. The number of ketones is 1. The minimum Gasteiger partial charge on any atom is -0.445 e. The predicted molar refractivity (Wildman–Crippen MR) is 147 cm³/mol. The number of nitrogens with one attached hydrogen (secondary N) is 3. The molecule has 0 unspecified atom stereocenters. The van der Waals surface area contributed by atoms with Crippen LogP contribution in [0, 0.1) is 5.92 Å². The number of carbonyl (C=O) groups is 4. The molecule has 0 radical (unpaired) electrons. The molecule has 9 nitrogen and oxygen atoms in total. The van der Waals surface area contributed by atoms with Crippen molar-refractivity contribution in [2.45, 2.75) is 45.4 Å². The maximum Gasteiger partial charge on any atom is 0.408 e. The summed E-state index contributed by atoms with van der Waals surface area (Å²) < 4.78 is 5.29. The van der Waals surface area contributed by atoms with Crippen molar-refractivity contribution in [1.82, 2.24) is 20.9 Å². The Hall–Kier alpha value is -4.53. The minimum atomic E-state index is -0.978. The molecule has 9 heteroatoms. The quantitative estimate of drug-likeness (QED) is 0.291. The largest absolute Gasteiger partial charge is 0.445 e. The van der Waals surface area contributed by atoms with Crippen LogP contribution in [0.15, 0.2) is 85.1 Å². The molecule has 0 saturated carbocycles. The van der Waals surface area contributed by atoms with Crippen molar-refractivity contribution in [2.75, 3.05) is 6.54 Å². The van der Waals surface area contributed by atoms with Crippen molar-refractivity contribution in [3.8, 4) is 0 Å². The zero-order chi connectivity index (χ0) is 28.0. The van der Waals surface area contributed by atoms with E-state index in [4.69, 9.17) is 4.74 Å². The highest BCUT2D eigenvalue weighted by Crippen LogP contribution is 2.09. The fraction of sp³-hybridized carbons (Fsp3) is 0.300. The molecule has 3 amide bonds. The second-order valence-electron chi connectivity index (χ2n) is 9.50. The molecule has 0 aliphatic heterocycles. The van der Waals surface area contributed by atoms with Crippen molar-refractivity contribution in [3.63, 3.8) is 0 Å². The highest BCUT2D eigenvalue weighted by molar-refractivity contribution is 5.99.